The molecule has 18 heavy (non-hydrogen) atoms. The summed E-state index contributed by atoms with van der Waals surface area (Å²) in [5.74, 6) is -0.983. The molecule has 0 amide bonds. The second kappa shape index (κ2) is 6.49. The van der Waals surface area contributed by atoms with Crippen LogP contribution in [-0.4, -0.2) is 54.8 Å². The Morgan fingerprint density at radius 1 is 1.39 bits per heavy atom. The Bertz CT molecular complexity index is 373. The van der Waals surface area contributed by atoms with Gasteiger partial charge in [0.05, 0.1) is 11.7 Å². The third-order valence-electron chi connectivity index (χ3n) is 3.04. The molecule has 0 unspecified atom stereocenters. The lowest BCUT2D eigenvalue weighted by Gasteiger charge is -2.31. The minimum atomic E-state index is -3.43. The summed E-state index contributed by atoms with van der Waals surface area (Å²) in [6, 6.07) is -0.225. The fourth-order valence-corrected chi connectivity index (χ4v) is 4.16. The predicted octanol–water partition coefficient (Wildman–Crippen LogP) is 0.680. The smallest absolute Gasteiger partial charge is 0.304 e. The highest BCUT2D eigenvalue weighted by atomic mass is 32.2. The van der Waals surface area contributed by atoms with E-state index in [1.807, 2.05) is 0 Å². The zero-order valence-electron chi connectivity index (χ0n) is 10.8. The summed E-state index contributed by atoms with van der Waals surface area (Å²) in [4.78, 5) is 10.6. The van der Waals surface area contributed by atoms with E-state index in [4.69, 9.17) is 9.84 Å². The van der Waals surface area contributed by atoms with Gasteiger partial charge in [0, 0.05) is 25.8 Å². The quantitative estimate of drug-likeness (QED) is 0.773. The normalized spacial score (nSPS) is 18.4. The van der Waals surface area contributed by atoms with E-state index in [9.17, 15) is 13.2 Å². The number of carboxylic acids is 1. The number of nitrogens with zero attached hydrogens (tertiary/aromatic N) is 1. The minimum Gasteiger partial charge on any atom is -0.481 e. The Hall–Kier alpha value is -0.660. The van der Waals surface area contributed by atoms with Gasteiger partial charge in [-0.05, 0) is 26.7 Å². The van der Waals surface area contributed by atoms with Crippen molar-refractivity contribution >= 4 is 16.0 Å². The van der Waals surface area contributed by atoms with Gasteiger partial charge in [-0.25, -0.2) is 8.42 Å². The van der Waals surface area contributed by atoms with Crippen molar-refractivity contribution in [2.24, 2.45) is 0 Å². The maximum absolute atomic E-state index is 12.4. The van der Waals surface area contributed by atoms with Crippen LogP contribution in [-0.2, 0) is 19.6 Å². The summed E-state index contributed by atoms with van der Waals surface area (Å²) >= 11 is 0. The average molecular weight is 279 g/mol. The molecule has 1 aliphatic heterocycles. The van der Waals surface area contributed by atoms with Crippen molar-refractivity contribution in [2.45, 2.75) is 44.4 Å². The number of hydrogen-bond donors (Lipinski definition) is 1. The van der Waals surface area contributed by atoms with Crippen molar-refractivity contribution in [2.75, 3.05) is 19.8 Å². The second-order valence-corrected chi connectivity index (χ2v) is 6.87. The van der Waals surface area contributed by atoms with Crippen LogP contribution in [0.25, 0.3) is 0 Å². The maximum Gasteiger partial charge on any atom is 0.304 e. The van der Waals surface area contributed by atoms with Crippen LogP contribution in [0.3, 0.4) is 0 Å². The maximum atomic E-state index is 12.4. The molecule has 0 aromatic heterocycles. The molecule has 1 heterocycles. The Morgan fingerprint density at radius 2 is 1.94 bits per heavy atom. The molecule has 1 saturated heterocycles. The summed E-state index contributed by atoms with van der Waals surface area (Å²) in [5.41, 5.74) is 0. The van der Waals surface area contributed by atoms with Crippen LogP contribution in [0.4, 0.5) is 0 Å². The Balaban J connectivity index is 2.78. The lowest BCUT2D eigenvalue weighted by molar-refractivity contribution is -0.137. The highest BCUT2D eigenvalue weighted by Crippen LogP contribution is 2.21. The van der Waals surface area contributed by atoms with Gasteiger partial charge in [0.25, 0.3) is 0 Å². The van der Waals surface area contributed by atoms with E-state index in [0.717, 1.165) is 0 Å². The Kier molecular flexibility index (Phi) is 5.55. The van der Waals surface area contributed by atoms with Crippen LogP contribution in [0, 0.1) is 0 Å². The highest BCUT2D eigenvalue weighted by molar-refractivity contribution is 7.89. The fraction of sp³-hybridized carbons (Fsp3) is 0.909. The topological polar surface area (TPSA) is 83.9 Å². The van der Waals surface area contributed by atoms with E-state index < -0.39 is 21.2 Å². The summed E-state index contributed by atoms with van der Waals surface area (Å²) in [6.07, 6.45) is 0.803. The van der Waals surface area contributed by atoms with Crippen molar-refractivity contribution in [3.05, 3.63) is 0 Å². The first-order valence-corrected chi connectivity index (χ1v) is 7.66. The summed E-state index contributed by atoms with van der Waals surface area (Å²) in [6.45, 7) is 4.47. The molecule has 1 fully saturated rings. The van der Waals surface area contributed by atoms with E-state index >= 15 is 0 Å². The van der Waals surface area contributed by atoms with E-state index in [1.165, 1.54) is 4.31 Å². The lowest BCUT2D eigenvalue weighted by atomic mass is 10.2. The molecule has 0 radical (unpaired) electrons. The molecule has 0 atom stereocenters. The number of sulfonamides is 1. The van der Waals surface area contributed by atoms with Crippen molar-refractivity contribution < 1.29 is 23.1 Å². The summed E-state index contributed by atoms with van der Waals surface area (Å²) in [7, 11) is -3.43. The minimum absolute atomic E-state index is 0.0344. The molecular weight excluding hydrogens is 258 g/mol. The van der Waals surface area contributed by atoms with Gasteiger partial charge < -0.3 is 9.84 Å². The van der Waals surface area contributed by atoms with Crippen LogP contribution >= 0.6 is 0 Å². The molecule has 7 heteroatoms. The second-order valence-electron chi connectivity index (χ2n) is 4.70. The number of hydrogen-bond acceptors (Lipinski definition) is 4. The highest BCUT2D eigenvalue weighted by Gasteiger charge is 2.34. The van der Waals surface area contributed by atoms with E-state index in [0.29, 0.717) is 26.1 Å². The zero-order valence-corrected chi connectivity index (χ0v) is 11.6. The molecule has 0 aromatic rings. The van der Waals surface area contributed by atoms with Gasteiger partial charge in [-0.2, -0.15) is 4.31 Å². The molecular formula is C11H21NO5S. The van der Waals surface area contributed by atoms with Crippen LogP contribution in [0.5, 0.6) is 0 Å². The molecule has 1 rings (SSSR count). The average Bonchev–Trinajstić information content (AvgIpc) is 2.29. The van der Waals surface area contributed by atoms with Crippen molar-refractivity contribution in [3.8, 4) is 0 Å². The fourth-order valence-electron chi connectivity index (χ4n) is 2.05. The molecule has 0 spiro atoms. The first-order valence-electron chi connectivity index (χ1n) is 6.16. The lowest BCUT2D eigenvalue weighted by Crippen LogP contribution is -2.45. The molecule has 0 bridgehead atoms. The Labute approximate surface area is 108 Å². The third kappa shape index (κ3) is 3.93. The van der Waals surface area contributed by atoms with Gasteiger partial charge in [0.2, 0.25) is 10.0 Å². The number of ether oxygens (including phenoxy) is 1. The van der Waals surface area contributed by atoms with Crippen LogP contribution in [0.1, 0.15) is 33.1 Å². The number of carboxylic acid groups (broad SMARTS) is 1. The van der Waals surface area contributed by atoms with Gasteiger partial charge in [-0.1, -0.05) is 0 Å². The standard InChI is InChI=1S/C11H21NO5S/c1-9(2)12(6-3-11(13)14)18(15,16)10-4-7-17-8-5-10/h9-10H,3-8H2,1-2H3,(H,13,14). The summed E-state index contributed by atoms with van der Waals surface area (Å²) in [5, 5.41) is 8.24. The molecule has 6 nitrogen and oxygen atoms in total. The van der Waals surface area contributed by atoms with Crippen molar-refractivity contribution in [3.63, 3.8) is 0 Å². The largest absolute Gasteiger partial charge is 0.481 e. The van der Waals surface area contributed by atoms with Crippen molar-refractivity contribution in [1.29, 1.82) is 0 Å². The van der Waals surface area contributed by atoms with Crippen LogP contribution in [0.2, 0.25) is 0 Å². The Morgan fingerprint density at radius 3 is 2.39 bits per heavy atom. The molecule has 0 aromatic carbocycles. The van der Waals surface area contributed by atoms with Gasteiger partial charge in [0.1, 0.15) is 0 Å². The monoisotopic (exact) mass is 279 g/mol. The molecule has 1 aliphatic rings. The van der Waals surface area contributed by atoms with Gasteiger partial charge in [-0.3, -0.25) is 4.79 Å². The molecule has 0 saturated carbocycles. The van der Waals surface area contributed by atoms with E-state index in [-0.39, 0.29) is 19.0 Å². The summed E-state index contributed by atoms with van der Waals surface area (Å²) < 4.78 is 31.3. The van der Waals surface area contributed by atoms with Gasteiger partial charge >= 0.3 is 5.97 Å². The first-order chi connectivity index (χ1) is 8.35. The molecule has 106 valence electrons. The molecule has 0 aliphatic carbocycles. The van der Waals surface area contributed by atoms with Crippen LogP contribution in [0.15, 0.2) is 0 Å². The van der Waals surface area contributed by atoms with E-state index in [2.05, 4.69) is 0 Å². The predicted molar refractivity (Wildman–Crippen MR) is 66.9 cm³/mol. The zero-order chi connectivity index (χ0) is 13.8. The van der Waals surface area contributed by atoms with Gasteiger partial charge in [-0.15, -0.1) is 0 Å². The van der Waals surface area contributed by atoms with Crippen LogP contribution < -0.4 is 0 Å². The SMILES string of the molecule is CC(C)N(CCC(=O)O)S(=O)(=O)C1CCOCC1. The number of rotatable bonds is 6. The van der Waals surface area contributed by atoms with Gasteiger partial charge in [0.15, 0.2) is 0 Å². The molecule has 1 N–H and O–H groups in total. The first kappa shape index (κ1) is 15.4. The van der Waals surface area contributed by atoms with Crippen molar-refractivity contribution in [1.82, 2.24) is 4.31 Å². The third-order valence-corrected chi connectivity index (χ3v) is 5.61. The van der Waals surface area contributed by atoms with E-state index in [1.54, 1.807) is 13.8 Å². The number of aliphatic carboxylic acids is 1. The number of carbonyl (C=O) groups is 1.